The summed E-state index contributed by atoms with van der Waals surface area (Å²) in [6, 6.07) is 7.41. The van der Waals surface area contributed by atoms with Crippen molar-refractivity contribution in [3.63, 3.8) is 0 Å². The van der Waals surface area contributed by atoms with Crippen LogP contribution in [0.15, 0.2) is 36.5 Å². The number of hydrogen-bond donors (Lipinski definition) is 1. The lowest BCUT2D eigenvalue weighted by molar-refractivity contribution is 0.102. The lowest BCUT2D eigenvalue weighted by Gasteiger charge is -2.11. The molecule has 0 spiro atoms. The molecule has 4 nitrogen and oxygen atoms in total. The van der Waals surface area contributed by atoms with E-state index < -0.39 is 5.82 Å². The zero-order valence-corrected chi connectivity index (χ0v) is 11.8. The van der Waals surface area contributed by atoms with E-state index in [1.165, 1.54) is 24.4 Å². The van der Waals surface area contributed by atoms with Crippen molar-refractivity contribution >= 4 is 29.0 Å². The fraction of sp³-hybridized carbons (Fsp3) is 0.143. The molecule has 0 fully saturated rings. The Morgan fingerprint density at radius 2 is 2.05 bits per heavy atom. The molecule has 0 radical (unpaired) electrons. The monoisotopic (exact) mass is 293 g/mol. The van der Waals surface area contributed by atoms with E-state index in [1.807, 2.05) is 19.0 Å². The maximum atomic E-state index is 13.0. The summed E-state index contributed by atoms with van der Waals surface area (Å²) in [7, 11) is 3.73. The highest BCUT2D eigenvalue weighted by Gasteiger charge is 2.08. The van der Waals surface area contributed by atoms with Crippen molar-refractivity contribution in [2.75, 3.05) is 24.3 Å². The van der Waals surface area contributed by atoms with E-state index in [4.69, 9.17) is 11.6 Å². The van der Waals surface area contributed by atoms with Gasteiger partial charge in [-0.2, -0.15) is 0 Å². The summed E-state index contributed by atoms with van der Waals surface area (Å²) in [4.78, 5) is 18.0. The standard InChI is InChI=1S/C14H13ClFN3O/c1-19(2)13-6-3-9(8-17-13)14(20)18-10-4-5-12(16)11(15)7-10/h3-8H,1-2H3,(H,18,20). The third-order valence-corrected chi connectivity index (χ3v) is 2.94. The van der Waals surface area contributed by atoms with Crippen LogP contribution in [0.2, 0.25) is 5.02 Å². The largest absolute Gasteiger partial charge is 0.363 e. The lowest BCUT2D eigenvalue weighted by Crippen LogP contribution is -2.14. The molecule has 1 heterocycles. The molecule has 6 heteroatoms. The number of carbonyl (C=O) groups is 1. The number of amides is 1. The van der Waals surface area contributed by atoms with Gasteiger partial charge in [-0.3, -0.25) is 4.79 Å². The first-order valence-electron chi connectivity index (χ1n) is 5.87. The average molecular weight is 294 g/mol. The van der Waals surface area contributed by atoms with E-state index in [-0.39, 0.29) is 10.9 Å². The van der Waals surface area contributed by atoms with E-state index in [9.17, 15) is 9.18 Å². The Morgan fingerprint density at radius 3 is 2.60 bits per heavy atom. The van der Waals surface area contributed by atoms with Crippen molar-refractivity contribution in [2.45, 2.75) is 0 Å². The molecule has 20 heavy (non-hydrogen) atoms. The molecule has 0 bridgehead atoms. The summed E-state index contributed by atoms with van der Waals surface area (Å²) in [6.07, 6.45) is 1.48. The van der Waals surface area contributed by atoms with Gasteiger partial charge in [0.25, 0.3) is 5.91 Å². The van der Waals surface area contributed by atoms with Gasteiger partial charge in [0.15, 0.2) is 0 Å². The number of nitrogens with one attached hydrogen (secondary N) is 1. The van der Waals surface area contributed by atoms with Gasteiger partial charge >= 0.3 is 0 Å². The van der Waals surface area contributed by atoms with Gasteiger partial charge < -0.3 is 10.2 Å². The van der Waals surface area contributed by atoms with E-state index in [0.29, 0.717) is 11.3 Å². The van der Waals surface area contributed by atoms with Gasteiger partial charge in [0.2, 0.25) is 0 Å². The fourth-order valence-electron chi connectivity index (χ4n) is 1.56. The zero-order valence-electron chi connectivity index (χ0n) is 11.0. The van der Waals surface area contributed by atoms with Gasteiger partial charge in [-0.1, -0.05) is 11.6 Å². The minimum atomic E-state index is -0.526. The first-order valence-corrected chi connectivity index (χ1v) is 6.25. The highest BCUT2D eigenvalue weighted by atomic mass is 35.5. The molecule has 2 rings (SSSR count). The molecule has 1 aromatic carbocycles. The van der Waals surface area contributed by atoms with Crippen LogP contribution in [0.3, 0.4) is 0 Å². The van der Waals surface area contributed by atoms with E-state index >= 15 is 0 Å². The molecule has 1 N–H and O–H groups in total. The molecule has 0 saturated carbocycles. The van der Waals surface area contributed by atoms with Crippen LogP contribution in [0.5, 0.6) is 0 Å². The number of halogens is 2. The Labute approximate surface area is 121 Å². The molecule has 0 unspecified atom stereocenters. The van der Waals surface area contributed by atoms with Crippen LogP contribution in [0.4, 0.5) is 15.9 Å². The first kappa shape index (κ1) is 14.3. The van der Waals surface area contributed by atoms with Crippen molar-refractivity contribution in [1.29, 1.82) is 0 Å². The maximum Gasteiger partial charge on any atom is 0.257 e. The lowest BCUT2D eigenvalue weighted by atomic mass is 10.2. The number of benzene rings is 1. The van der Waals surface area contributed by atoms with E-state index in [2.05, 4.69) is 10.3 Å². The Hall–Kier alpha value is -2.14. The van der Waals surface area contributed by atoms with Crippen LogP contribution in [-0.4, -0.2) is 25.0 Å². The van der Waals surface area contributed by atoms with Gasteiger partial charge in [-0.25, -0.2) is 9.37 Å². The van der Waals surface area contributed by atoms with Crippen LogP contribution in [0.25, 0.3) is 0 Å². The molecule has 104 valence electrons. The molecule has 0 aliphatic rings. The summed E-state index contributed by atoms with van der Waals surface area (Å²) in [6.45, 7) is 0. The summed E-state index contributed by atoms with van der Waals surface area (Å²) in [5.74, 6) is -0.0986. The summed E-state index contributed by atoms with van der Waals surface area (Å²) in [5.41, 5.74) is 0.842. The van der Waals surface area contributed by atoms with Crippen LogP contribution in [0, 0.1) is 5.82 Å². The molecular formula is C14H13ClFN3O. The van der Waals surface area contributed by atoms with Gasteiger partial charge in [0.1, 0.15) is 11.6 Å². The predicted octanol–water partition coefficient (Wildman–Crippen LogP) is 3.19. The van der Waals surface area contributed by atoms with Crippen LogP contribution in [-0.2, 0) is 0 Å². The van der Waals surface area contributed by atoms with Gasteiger partial charge in [-0.05, 0) is 30.3 Å². The summed E-state index contributed by atoms with van der Waals surface area (Å²) >= 11 is 5.65. The predicted molar refractivity (Wildman–Crippen MR) is 77.9 cm³/mol. The summed E-state index contributed by atoms with van der Waals surface area (Å²) in [5, 5.41) is 2.59. The topological polar surface area (TPSA) is 45.2 Å². The van der Waals surface area contributed by atoms with E-state index in [0.717, 1.165) is 5.82 Å². The number of nitrogens with zero attached hydrogens (tertiary/aromatic N) is 2. The fourth-order valence-corrected chi connectivity index (χ4v) is 1.74. The quantitative estimate of drug-likeness (QED) is 0.945. The average Bonchev–Trinajstić information content (AvgIpc) is 2.43. The Kier molecular flexibility index (Phi) is 4.20. The third-order valence-electron chi connectivity index (χ3n) is 2.65. The number of rotatable bonds is 3. The van der Waals surface area contributed by atoms with Crippen LogP contribution >= 0.6 is 11.6 Å². The molecule has 0 aliphatic carbocycles. The van der Waals surface area contributed by atoms with Crippen molar-refractivity contribution in [2.24, 2.45) is 0 Å². The highest BCUT2D eigenvalue weighted by Crippen LogP contribution is 2.20. The number of carbonyl (C=O) groups excluding carboxylic acids is 1. The number of hydrogen-bond acceptors (Lipinski definition) is 3. The molecule has 0 saturated heterocycles. The highest BCUT2D eigenvalue weighted by molar-refractivity contribution is 6.31. The molecular weight excluding hydrogens is 281 g/mol. The van der Waals surface area contributed by atoms with Gasteiger partial charge in [-0.15, -0.1) is 0 Å². The first-order chi connectivity index (χ1) is 9.47. The van der Waals surface area contributed by atoms with Crippen molar-refractivity contribution < 1.29 is 9.18 Å². The van der Waals surface area contributed by atoms with Crippen molar-refractivity contribution in [1.82, 2.24) is 4.98 Å². The van der Waals surface area contributed by atoms with Gasteiger partial charge in [0.05, 0.1) is 10.6 Å². The minimum Gasteiger partial charge on any atom is -0.363 e. The van der Waals surface area contributed by atoms with Gasteiger partial charge in [0, 0.05) is 26.0 Å². The number of pyridine rings is 1. The van der Waals surface area contributed by atoms with E-state index in [1.54, 1.807) is 12.1 Å². The van der Waals surface area contributed by atoms with Crippen molar-refractivity contribution in [3.05, 3.63) is 52.9 Å². The minimum absolute atomic E-state index is 0.0381. The smallest absolute Gasteiger partial charge is 0.257 e. The molecule has 2 aromatic rings. The second-order valence-electron chi connectivity index (χ2n) is 4.38. The zero-order chi connectivity index (χ0) is 14.7. The second kappa shape index (κ2) is 5.88. The molecule has 0 aliphatic heterocycles. The second-order valence-corrected chi connectivity index (χ2v) is 4.79. The van der Waals surface area contributed by atoms with Crippen LogP contribution < -0.4 is 10.2 Å². The number of aromatic nitrogens is 1. The van der Waals surface area contributed by atoms with Crippen LogP contribution in [0.1, 0.15) is 10.4 Å². The Balaban J connectivity index is 2.13. The normalized spacial score (nSPS) is 10.2. The van der Waals surface area contributed by atoms with Crippen molar-refractivity contribution in [3.8, 4) is 0 Å². The molecule has 0 atom stereocenters. The Bertz CT molecular complexity index is 629. The summed E-state index contributed by atoms with van der Waals surface area (Å²) < 4.78 is 13.0. The molecule has 1 aromatic heterocycles. The third kappa shape index (κ3) is 3.24. The Morgan fingerprint density at radius 1 is 1.30 bits per heavy atom. The SMILES string of the molecule is CN(C)c1ccc(C(=O)Nc2ccc(F)c(Cl)c2)cn1. The molecule has 1 amide bonds. The number of anilines is 2. The maximum absolute atomic E-state index is 13.0.